The molecule has 21 heavy (non-hydrogen) atoms. The van der Waals surface area contributed by atoms with Gasteiger partial charge in [0.2, 0.25) is 0 Å². The Morgan fingerprint density at radius 2 is 2.10 bits per heavy atom. The molecular formula is C18H26ClNO. The smallest absolute Gasteiger partial charge is 0.140 e. The lowest BCUT2D eigenvalue weighted by Crippen LogP contribution is -2.31. The molecule has 1 N–H and O–H groups in total. The van der Waals surface area contributed by atoms with Crippen molar-refractivity contribution in [2.45, 2.75) is 51.4 Å². The maximum atomic E-state index is 6.50. The van der Waals surface area contributed by atoms with E-state index in [0.29, 0.717) is 0 Å². The second-order valence-corrected chi connectivity index (χ2v) is 6.89. The quantitative estimate of drug-likeness (QED) is 0.847. The Morgan fingerprint density at radius 3 is 2.86 bits per heavy atom. The fourth-order valence-electron chi connectivity index (χ4n) is 3.93. The summed E-state index contributed by atoms with van der Waals surface area (Å²) in [6, 6.07) is 2.16. The summed E-state index contributed by atoms with van der Waals surface area (Å²) in [4.78, 5) is 0. The molecule has 0 spiro atoms. The molecule has 1 fully saturated rings. The van der Waals surface area contributed by atoms with Crippen LogP contribution in [0.5, 0.6) is 5.75 Å². The number of fused-ring (bicyclic) bond motifs is 1. The highest BCUT2D eigenvalue weighted by molar-refractivity contribution is 6.32. The van der Waals surface area contributed by atoms with Crippen LogP contribution in [-0.4, -0.2) is 20.2 Å². The number of hydrogen-bond donors (Lipinski definition) is 1. The van der Waals surface area contributed by atoms with Gasteiger partial charge in [-0.25, -0.2) is 0 Å². The average Bonchev–Trinajstić information content (AvgIpc) is 2.73. The van der Waals surface area contributed by atoms with Crippen molar-refractivity contribution in [1.82, 2.24) is 5.32 Å². The third kappa shape index (κ3) is 3.37. The highest BCUT2D eigenvalue weighted by Crippen LogP contribution is 2.38. The van der Waals surface area contributed by atoms with E-state index >= 15 is 0 Å². The summed E-state index contributed by atoms with van der Waals surface area (Å²) in [6.07, 6.45) is 10.0. The summed E-state index contributed by atoms with van der Waals surface area (Å²) < 4.78 is 5.67. The van der Waals surface area contributed by atoms with E-state index < -0.39 is 0 Å². The van der Waals surface area contributed by atoms with Crippen LogP contribution in [0.25, 0.3) is 0 Å². The predicted molar refractivity (Wildman–Crippen MR) is 88.6 cm³/mol. The fourth-order valence-corrected chi connectivity index (χ4v) is 4.26. The topological polar surface area (TPSA) is 21.3 Å². The largest absolute Gasteiger partial charge is 0.495 e. The van der Waals surface area contributed by atoms with Gasteiger partial charge in [-0.2, -0.15) is 0 Å². The molecule has 3 rings (SSSR count). The van der Waals surface area contributed by atoms with Crippen LogP contribution in [0.3, 0.4) is 0 Å². The van der Waals surface area contributed by atoms with Crippen molar-refractivity contribution in [2.24, 2.45) is 5.92 Å². The Kier molecular flexibility index (Phi) is 5.07. The average molecular weight is 308 g/mol. The monoisotopic (exact) mass is 307 g/mol. The number of rotatable bonds is 3. The van der Waals surface area contributed by atoms with Gasteiger partial charge in [0, 0.05) is 0 Å². The first-order valence-corrected chi connectivity index (χ1v) is 8.75. The molecule has 0 bridgehead atoms. The van der Waals surface area contributed by atoms with Crippen molar-refractivity contribution in [3.05, 3.63) is 27.8 Å². The first-order chi connectivity index (χ1) is 10.3. The molecule has 3 heteroatoms. The lowest BCUT2D eigenvalue weighted by molar-refractivity contribution is 0.363. The summed E-state index contributed by atoms with van der Waals surface area (Å²) in [6.45, 7) is 2.30. The van der Waals surface area contributed by atoms with E-state index in [1.807, 2.05) is 0 Å². The molecule has 1 aliphatic carbocycles. The molecule has 116 valence electrons. The normalized spacial score (nSPS) is 22.5. The predicted octanol–water partition coefficient (Wildman–Crippen LogP) is 4.16. The molecule has 2 aliphatic rings. The number of nitrogens with one attached hydrogen (secondary N) is 1. The second kappa shape index (κ2) is 7.02. The van der Waals surface area contributed by atoms with Gasteiger partial charge >= 0.3 is 0 Å². The maximum Gasteiger partial charge on any atom is 0.140 e. The van der Waals surface area contributed by atoms with Crippen molar-refractivity contribution < 1.29 is 4.74 Å². The Labute approximate surface area is 133 Å². The summed E-state index contributed by atoms with van der Waals surface area (Å²) in [5, 5.41) is 4.33. The van der Waals surface area contributed by atoms with Crippen LogP contribution in [0.15, 0.2) is 6.07 Å². The molecular weight excluding hydrogens is 282 g/mol. The highest BCUT2D eigenvalue weighted by Gasteiger charge is 2.23. The van der Waals surface area contributed by atoms with Crippen molar-refractivity contribution >= 4 is 11.6 Å². The summed E-state index contributed by atoms with van der Waals surface area (Å²) >= 11 is 6.50. The molecule has 1 aromatic carbocycles. The zero-order chi connectivity index (χ0) is 14.7. The van der Waals surface area contributed by atoms with E-state index in [2.05, 4.69) is 11.4 Å². The van der Waals surface area contributed by atoms with Gasteiger partial charge in [0.1, 0.15) is 5.75 Å². The molecule has 1 unspecified atom stereocenters. The van der Waals surface area contributed by atoms with Gasteiger partial charge in [0.05, 0.1) is 12.1 Å². The van der Waals surface area contributed by atoms with Crippen LogP contribution in [0.4, 0.5) is 0 Å². The molecule has 1 aromatic rings. The molecule has 1 aliphatic heterocycles. The van der Waals surface area contributed by atoms with Crippen molar-refractivity contribution in [3.8, 4) is 5.75 Å². The minimum absolute atomic E-state index is 0.721. The Bertz CT molecular complexity index is 494. The molecule has 0 radical (unpaired) electrons. The van der Waals surface area contributed by atoms with Crippen LogP contribution in [-0.2, 0) is 19.3 Å². The molecule has 1 saturated heterocycles. The van der Waals surface area contributed by atoms with Crippen LogP contribution in [0, 0.1) is 5.92 Å². The zero-order valence-electron chi connectivity index (χ0n) is 13.0. The zero-order valence-corrected chi connectivity index (χ0v) is 13.8. The minimum Gasteiger partial charge on any atom is -0.495 e. The number of benzene rings is 1. The molecule has 2 nitrogen and oxygen atoms in total. The van der Waals surface area contributed by atoms with Gasteiger partial charge in [-0.3, -0.25) is 0 Å². The third-order valence-electron chi connectivity index (χ3n) is 5.01. The molecule has 0 aromatic heterocycles. The number of methoxy groups -OCH3 is 1. The molecule has 0 saturated carbocycles. The maximum absolute atomic E-state index is 6.50. The second-order valence-electron chi connectivity index (χ2n) is 6.49. The molecule has 1 atom stereocenters. The number of halogens is 1. The van der Waals surface area contributed by atoms with E-state index in [4.69, 9.17) is 16.3 Å². The highest BCUT2D eigenvalue weighted by atomic mass is 35.5. The van der Waals surface area contributed by atoms with Gasteiger partial charge in [-0.15, -0.1) is 0 Å². The van der Waals surface area contributed by atoms with Crippen molar-refractivity contribution in [3.63, 3.8) is 0 Å². The van der Waals surface area contributed by atoms with E-state index in [-0.39, 0.29) is 0 Å². The van der Waals surface area contributed by atoms with Gasteiger partial charge in [-0.05, 0) is 86.7 Å². The van der Waals surface area contributed by atoms with E-state index in [1.54, 1.807) is 12.7 Å². The first kappa shape index (κ1) is 15.2. The number of piperidine rings is 1. The summed E-state index contributed by atoms with van der Waals surface area (Å²) in [5.74, 6) is 1.65. The Balaban J connectivity index is 1.96. The number of aryl methyl sites for hydroxylation is 1. The summed E-state index contributed by atoms with van der Waals surface area (Å²) in [5.41, 5.74) is 4.41. The van der Waals surface area contributed by atoms with Gasteiger partial charge in [0.25, 0.3) is 0 Å². The third-order valence-corrected chi connectivity index (χ3v) is 5.29. The van der Waals surface area contributed by atoms with Crippen LogP contribution >= 0.6 is 11.6 Å². The first-order valence-electron chi connectivity index (χ1n) is 8.37. The lowest BCUT2D eigenvalue weighted by atomic mass is 9.86. The van der Waals surface area contributed by atoms with E-state index in [9.17, 15) is 0 Å². The van der Waals surface area contributed by atoms with Gasteiger partial charge < -0.3 is 10.1 Å². The van der Waals surface area contributed by atoms with E-state index in [0.717, 1.165) is 29.7 Å². The standard InChI is InChI=1S/C18H26ClNO/c1-21-18-16(10-13-6-5-9-20-12-13)15-8-4-2-3-7-14(15)11-17(18)19/h11,13,20H,2-10,12H2,1H3. The van der Waals surface area contributed by atoms with E-state index in [1.165, 1.54) is 62.6 Å². The fraction of sp³-hybridized carbons (Fsp3) is 0.667. The Morgan fingerprint density at radius 1 is 1.24 bits per heavy atom. The number of hydrogen-bond acceptors (Lipinski definition) is 2. The summed E-state index contributed by atoms with van der Waals surface area (Å²) in [7, 11) is 1.76. The van der Waals surface area contributed by atoms with Gasteiger partial charge in [-0.1, -0.05) is 18.0 Å². The molecule has 0 amide bonds. The number of ether oxygens (including phenoxy) is 1. The van der Waals surface area contributed by atoms with Crippen LogP contribution in [0.1, 0.15) is 48.8 Å². The Hall–Kier alpha value is -0.730. The van der Waals surface area contributed by atoms with Crippen LogP contribution < -0.4 is 10.1 Å². The lowest BCUT2D eigenvalue weighted by Gasteiger charge is -2.26. The van der Waals surface area contributed by atoms with Crippen molar-refractivity contribution in [1.29, 1.82) is 0 Å². The molecule has 1 heterocycles. The van der Waals surface area contributed by atoms with Crippen LogP contribution in [0.2, 0.25) is 5.02 Å². The minimum atomic E-state index is 0.721. The van der Waals surface area contributed by atoms with Gasteiger partial charge in [0.15, 0.2) is 0 Å². The SMILES string of the molecule is COc1c(Cl)cc2c(c1CC1CCCNC1)CCCCC2. The van der Waals surface area contributed by atoms with Crippen molar-refractivity contribution in [2.75, 3.05) is 20.2 Å².